The summed E-state index contributed by atoms with van der Waals surface area (Å²) < 4.78 is 6.78. The second-order valence-electron chi connectivity index (χ2n) is 2.60. The maximum Gasteiger partial charge on any atom is 0.329 e. The SMILES string of the molecule is Cl.O=C(O)COCCCn1ccnc1. The highest BCUT2D eigenvalue weighted by Crippen LogP contribution is 1.90. The van der Waals surface area contributed by atoms with Gasteiger partial charge in [0.15, 0.2) is 0 Å². The van der Waals surface area contributed by atoms with Crippen LogP contribution in [0.5, 0.6) is 0 Å². The standard InChI is InChI=1S/C8H12N2O3.ClH/c11-8(12)6-13-5-1-3-10-4-2-9-7-10;/h2,4,7H,1,3,5-6H2,(H,11,12);1H. The van der Waals surface area contributed by atoms with E-state index in [0.29, 0.717) is 6.61 Å². The van der Waals surface area contributed by atoms with E-state index in [9.17, 15) is 4.79 Å². The molecule has 0 saturated carbocycles. The molecule has 14 heavy (non-hydrogen) atoms. The number of hydrogen-bond acceptors (Lipinski definition) is 3. The van der Waals surface area contributed by atoms with Crippen molar-refractivity contribution in [1.82, 2.24) is 9.55 Å². The Kier molecular flexibility index (Phi) is 6.78. The van der Waals surface area contributed by atoms with Crippen LogP contribution in [0, 0.1) is 0 Å². The van der Waals surface area contributed by atoms with Crippen LogP contribution in [0.25, 0.3) is 0 Å². The zero-order chi connectivity index (χ0) is 9.52. The van der Waals surface area contributed by atoms with Crippen LogP contribution in [0.4, 0.5) is 0 Å². The summed E-state index contributed by atoms with van der Waals surface area (Å²) in [6.45, 7) is 1.05. The Hall–Kier alpha value is -1.07. The predicted molar refractivity (Wildman–Crippen MR) is 52.5 cm³/mol. The third-order valence-electron chi connectivity index (χ3n) is 1.49. The molecule has 0 aliphatic heterocycles. The number of aryl methyl sites for hydroxylation is 1. The Labute approximate surface area is 88.1 Å². The van der Waals surface area contributed by atoms with Gasteiger partial charge in [-0.1, -0.05) is 0 Å². The minimum Gasteiger partial charge on any atom is -0.480 e. The molecule has 0 bridgehead atoms. The van der Waals surface area contributed by atoms with Crippen LogP contribution in [0.2, 0.25) is 0 Å². The molecule has 0 unspecified atom stereocenters. The summed E-state index contributed by atoms with van der Waals surface area (Å²) >= 11 is 0. The highest BCUT2D eigenvalue weighted by atomic mass is 35.5. The van der Waals surface area contributed by atoms with Crippen LogP contribution >= 0.6 is 12.4 Å². The van der Waals surface area contributed by atoms with Gasteiger partial charge in [-0.15, -0.1) is 12.4 Å². The maximum atomic E-state index is 10.1. The fourth-order valence-corrected chi connectivity index (χ4v) is 0.928. The molecular formula is C8H13ClN2O3. The molecule has 0 spiro atoms. The molecule has 5 nitrogen and oxygen atoms in total. The molecule has 1 N–H and O–H groups in total. The van der Waals surface area contributed by atoms with Crippen LogP contribution in [0.3, 0.4) is 0 Å². The number of carboxylic acid groups (broad SMARTS) is 1. The largest absolute Gasteiger partial charge is 0.480 e. The van der Waals surface area contributed by atoms with E-state index >= 15 is 0 Å². The first-order valence-electron chi connectivity index (χ1n) is 4.04. The smallest absolute Gasteiger partial charge is 0.329 e. The third kappa shape index (κ3) is 5.55. The highest BCUT2D eigenvalue weighted by Gasteiger charge is 1.95. The molecule has 0 amide bonds. The van der Waals surface area contributed by atoms with E-state index in [1.54, 1.807) is 12.5 Å². The van der Waals surface area contributed by atoms with Gasteiger partial charge in [-0.2, -0.15) is 0 Å². The van der Waals surface area contributed by atoms with Crippen molar-refractivity contribution in [1.29, 1.82) is 0 Å². The third-order valence-corrected chi connectivity index (χ3v) is 1.49. The Bertz CT molecular complexity index is 251. The van der Waals surface area contributed by atoms with E-state index in [0.717, 1.165) is 13.0 Å². The van der Waals surface area contributed by atoms with E-state index in [-0.39, 0.29) is 19.0 Å². The predicted octanol–water partition coefficient (Wildman–Crippen LogP) is 0.796. The van der Waals surface area contributed by atoms with E-state index in [1.165, 1.54) is 0 Å². The van der Waals surface area contributed by atoms with Gasteiger partial charge in [-0.05, 0) is 6.42 Å². The molecule has 0 aliphatic carbocycles. The van der Waals surface area contributed by atoms with Gasteiger partial charge in [-0.3, -0.25) is 0 Å². The van der Waals surface area contributed by atoms with Crippen LogP contribution < -0.4 is 0 Å². The van der Waals surface area contributed by atoms with Crippen LogP contribution in [0.15, 0.2) is 18.7 Å². The van der Waals surface area contributed by atoms with Gasteiger partial charge in [0.05, 0.1) is 6.33 Å². The summed E-state index contributed by atoms with van der Waals surface area (Å²) in [7, 11) is 0. The minimum atomic E-state index is -0.928. The lowest BCUT2D eigenvalue weighted by Gasteiger charge is -2.01. The topological polar surface area (TPSA) is 64.3 Å². The van der Waals surface area contributed by atoms with E-state index in [4.69, 9.17) is 9.84 Å². The number of imidazole rings is 1. The Morgan fingerprint density at radius 3 is 2.93 bits per heavy atom. The average molecular weight is 221 g/mol. The second-order valence-corrected chi connectivity index (χ2v) is 2.60. The normalized spacial score (nSPS) is 9.43. The Morgan fingerprint density at radius 2 is 2.36 bits per heavy atom. The first kappa shape index (κ1) is 12.9. The average Bonchev–Trinajstić information content (AvgIpc) is 2.55. The fourth-order valence-electron chi connectivity index (χ4n) is 0.928. The van der Waals surface area contributed by atoms with E-state index in [2.05, 4.69) is 4.98 Å². The molecule has 0 atom stereocenters. The molecule has 6 heteroatoms. The van der Waals surface area contributed by atoms with Gasteiger partial charge >= 0.3 is 5.97 Å². The van der Waals surface area contributed by atoms with Gasteiger partial charge in [0.25, 0.3) is 0 Å². The lowest BCUT2D eigenvalue weighted by molar-refractivity contribution is -0.142. The molecule has 0 aromatic carbocycles. The molecule has 1 heterocycles. The number of halogens is 1. The summed E-state index contributed by atoms with van der Waals surface area (Å²) in [4.78, 5) is 13.9. The Morgan fingerprint density at radius 1 is 1.57 bits per heavy atom. The van der Waals surface area contributed by atoms with Crippen LogP contribution in [0.1, 0.15) is 6.42 Å². The second kappa shape index (κ2) is 7.34. The molecule has 80 valence electrons. The van der Waals surface area contributed by atoms with Crippen molar-refractivity contribution in [2.75, 3.05) is 13.2 Å². The summed E-state index contributed by atoms with van der Waals surface area (Å²) in [6, 6.07) is 0. The molecule has 0 saturated heterocycles. The number of aliphatic carboxylic acids is 1. The van der Waals surface area contributed by atoms with Crippen molar-refractivity contribution in [3.05, 3.63) is 18.7 Å². The number of rotatable bonds is 6. The number of nitrogens with zero attached hydrogens (tertiary/aromatic N) is 2. The van der Waals surface area contributed by atoms with E-state index in [1.807, 2.05) is 10.8 Å². The molecular weight excluding hydrogens is 208 g/mol. The summed E-state index contributed by atoms with van der Waals surface area (Å²) in [5.74, 6) is -0.928. The van der Waals surface area contributed by atoms with Gasteiger partial charge in [0.2, 0.25) is 0 Å². The van der Waals surface area contributed by atoms with Crippen molar-refractivity contribution in [2.45, 2.75) is 13.0 Å². The molecule has 0 radical (unpaired) electrons. The summed E-state index contributed by atoms with van der Waals surface area (Å²) in [6.07, 6.45) is 6.08. The zero-order valence-corrected chi connectivity index (χ0v) is 8.44. The summed E-state index contributed by atoms with van der Waals surface area (Å²) in [5, 5.41) is 8.26. The first-order valence-corrected chi connectivity index (χ1v) is 4.04. The number of ether oxygens (including phenoxy) is 1. The van der Waals surface area contributed by atoms with Crippen molar-refractivity contribution in [2.24, 2.45) is 0 Å². The van der Waals surface area contributed by atoms with Crippen LogP contribution in [-0.2, 0) is 16.1 Å². The van der Waals surface area contributed by atoms with Gasteiger partial charge in [-0.25, -0.2) is 9.78 Å². The number of carbonyl (C=O) groups is 1. The number of hydrogen-bond donors (Lipinski definition) is 1. The van der Waals surface area contributed by atoms with Crippen molar-refractivity contribution in [3.8, 4) is 0 Å². The van der Waals surface area contributed by atoms with Gasteiger partial charge in [0, 0.05) is 25.5 Å². The van der Waals surface area contributed by atoms with Gasteiger partial charge in [0.1, 0.15) is 6.61 Å². The minimum absolute atomic E-state index is 0. The monoisotopic (exact) mass is 220 g/mol. The summed E-state index contributed by atoms with van der Waals surface area (Å²) in [5.41, 5.74) is 0. The first-order chi connectivity index (χ1) is 6.29. The van der Waals surface area contributed by atoms with Crippen molar-refractivity contribution in [3.63, 3.8) is 0 Å². The van der Waals surface area contributed by atoms with E-state index < -0.39 is 5.97 Å². The number of carboxylic acids is 1. The zero-order valence-electron chi connectivity index (χ0n) is 7.63. The molecule has 1 aromatic rings. The molecule has 0 fully saturated rings. The molecule has 1 aromatic heterocycles. The molecule has 1 rings (SSSR count). The lowest BCUT2D eigenvalue weighted by Crippen LogP contribution is -2.09. The lowest BCUT2D eigenvalue weighted by atomic mass is 10.4. The fraction of sp³-hybridized carbons (Fsp3) is 0.500. The number of aromatic nitrogens is 2. The maximum absolute atomic E-state index is 10.1. The van der Waals surface area contributed by atoms with Gasteiger partial charge < -0.3 is 14.4 Å². The highest BCUT2D eigenvalue weighted by molar-refractivity contribution is 5.85. The molecule has 0 aliphatic rings. The quantitative estimate of drug-likeness (QED) is 0.721. The Balaban J connectivity index is 0.00000169. The van der Waals surface area contributed by atoms with Crippen molar-refractivity contribution < 1.29 is 14.6 Å². The van der Waals surface area contributed by atoms with Crippen molar-refractivity contribution >= 4 is 18.4 Å². The van der Waals surface area contributed by atoms with Crippen LogP contribution in [-0.4, -0.2) is 33.8 Å².